The Balaban J connectivity index is 2.22. The third kappa shape index (κ3) is 4.49. The van der Waals surface area contributed by atoms with Crippen LogP contribution in [0, 0.1) is 11.5 Å². The van der Waals surface area contributed by atoms with Gasteiger partial charge in [-0.1, -0.05) is 15.9 Å². The Labute approximate surface area is 169 Å². The fourth-order valence-electron chi connectivity index (χ4n) is 2.85. The number of benzene rings is 1. The Kier molecular flexibility index (Phi) is 6.90. The predicted molar refractivity (Wildman–Crippen MR) is 101 cm³/mol. The van der Waals surface area contributed by atoms with E-state index in [-0.39, 0.29) is 17.9 Å². The molecule has 0 aromatic heterocycles. The molecule has 0 unspecified atom stereocenters. The highest BCUT2D eigenvalue weighted by atomic mass is 79.9. The molecule has 0 bridgehead atoms. The molecule has 2 rings (SSSR count). The number of methoxy groups -OCH3 is 1. The summed E-state index contributed by atoms with van der Waals surface area (Å²) in [7, 11) is -2.54. The smallest absolute Gasteiger partial charge is 0.411 e. The maximum atomic E-state index is 12.7. The van der Waals surface area contributed by atoms with Crippen LogP contribution in [0.4, 0.5) is 4.79 Å². The summed E-state index contributed by atoms with van der Waals surface area (Å²) >= 11 is 6.51. The highest BCUT2D eigenvalue weighted by molar-refractivity contribution is 9.11. The normalized spacial score (nSPS) is 19.9. The van der Waals surface area contributed by atoms with Crippen molar-refractivity contribution < 1.29 is 17.9 Å². The lowest BCUT2D eigenvalue weighted by Gasteiger charge is -2.29. The lowest BCUT2D eigenvalue weighted by Crippen LogP contribution is -2.46. The van der Waals surface area contributed by atoms with Crippen LogP contribution in [0.3, 0.4) is 0 Å². The van der Waals surface area contributed by atoms with Crippen LogP contribution in [0.1, 0.15) is 13.3 Å². The van der Waals surface area contributed by atoms with Gasteiger partial charge in [0.15, 0.2) is 6.19 Å². The topological polar surface area (TPSA) is 103 Å². The molecule has 1 saturated heterocycles. The fraction of sp³-hybridized carbons (Fsp3) is 0.467. The predicted octanol–water partition coefficient (Wildman–Crippen LogP) is 2.46. The van der Waals surface area contributed by atoms with Gasteiger partial charge in [0.2, 0.25) is 10.0 Å². The van der Waals surface area contributed by atoms with Gasteiger partial charge in [0.1, 0.15) is 6.17 Å². The van der Waals surface area contributed by atoms with E-state index in [4.69, 9.17) is 4.74 Å². The van der Waals surface area contributed by atoms with E-state index in [9.17, 15) is 18.5 Å². The maximum Gasteiger partial charge on any atom is 0.411 e. The third-order valence-corrected chi connectivity index (χ3v) is 7.02. The van der Waals surface area contributed by atoms with Crippen molar-refractivity contribution in [3.63, 3.8) is 0 Å². The number of amides is 1. The molecule has 2 atom stereocenters. The lowest BCUT2D eigenvalue weighted by atomic mass is 10.2. The van der Waals surface area contributed by atoms with Gasteiger partial charge in [0.05, 0.1) is 12.0 Å². The monoisotopic (exact) mass is 508 g/mol. The SMILES string of the molecule is CCN(C(=O)OC)[C@H]1C[C@@H](NS(=O)(=O)c2cc(Br)ccc2Br)CN1C#N. The first-order chi connectivity index (χ1) is 12.2. The van der Waals surface area contributed by atoms with Gasteiger partial charge in [0, 0.05) is 34.5 Å². The number of hydrogen-bond donors (Lipinski definition) is 1. The molecular formula is C15H18Br2N4O4S. The van der Waals surface area contributed by atoms with E-state index in [2.05, 4.69) is 36.6 Å². The number of ether oxygens (including phenoxy) is 1. The van der Waals surface area contributed by atoms with Crippen molar-refractivity contribution >= 4 is 48.0 Å². The molecular weight excluding hydrogens is 492 g/mol. The summed E-state index contributed by atoms with van der Waals surface area (Å²) in [6, 6.07) is 4.33. The van der Waals surface area contributed by atoms with Crippen LogP contribution in [0.25, 0.3) is 0 Å². The largest absolute Gasteiger partial charge is 0.453 e. The lowest BCUT2D eigenvalue weighted by molar-refractivity contribution is 0.0786. The zero-order valence-corrected chi connectivity index (χ0v) is 18.1. The number of hydrogen-bond acceptors (Lipinski definition) is 6. The molecule has 1 aromatic rings. The van der Waals surface area contributed by atoms with Crippen molar-refractivity contribution in [3.8, 4) is 6.19 Å². The number of carbonyl (C=O) groups excluding carboxylic acids is 1. The zero-order valence-electron chi connectivity index (χ0n) is 14.1. The molecule has 1 N–H and O–H groups in total. The molecule has 0 saturated carbocycles. The van der Waals surface area contributed by atoms with Crippen molar-refractivity contribution in [2.45, 2.75) is 30.4 Å². The van der Waals surface area contributed by atoms with E-state index >= 15 is 0 Å². The summed E-state index contributed by atoms with van der Waals surface area (Å²) in [5, 5.41) is 9.36. The molecule has 11 heteroatoms. The average Bonchev–Trinajstić information content (AvgIpc) is 2.99. The first kappa shape index (κ1) is 21.0. The van der Waals surface area contributed by atoms with E-state index in [1.54, 1.807) is 19.1 Å². The fourth-order valence-corrected chi connectivity index (χ4v) is 5.59. The van der Waals surface area contributed by atoms with Crippen molar-refractivity contribution in [2.75, 3.05) is 20.2 Å². The summed E-state index contributed by atoms with van der Waals surface area (Å²) in [6.07, 6.45) is 1.18. The molecule has 26 heavy (non-hydrogen) atoms. The van der Waals surface area contributed by atoms with E-state index in [0.717, 1.165) is 0 Å². The van der Waals surface area contributed by atoms with Crippen LogP contribution in [0.2, 0.25) is 0 Å². The number of sulfonamides is 1. The van der Waals surface area contributed by atoms with E-state index in [0.29, 0.717) is 15.5 Å². The second kappa shape index (κ2) is 8.56. The molecule has 0 aliphatic carbocycles. The first-order valence-electron chi connectivity index (χ1n) is 7.71. The highest BCUT2D eigenvalue weighted by Crippen LogP contribution is 2.27. The molecule has 1 aromatic carbocycles. The molecule has 1 fully saturated rings. The maximum absolute atomic E-state index is 12.7. The summed E-state index contributed by atoms with van der Waals surface area (Å²) in [5.74, 6) is 0. The molecule has 0 radical (unpaired) electrons. The quantitative estimate of drug-likeness (QED) is 0.611. The number of halogens is 2. The average molecular weight is 510 g/mol. The van der Waals surface area contributed by atoms with Gasteiger partial charge in [-0.15, -0.1) is 0 Å². The number of likely N-dealkylation sites (tertiary alicyclic amines) is 1. The summed E-state index contributed by atoms with van der Waals surface area (Å²) in [4.78, 5) is 14.8. The zero-order chi connectivity index (χ0) is 19.5. The summed E-state index contributed by atoms with van der Waals surface area (Å²) < 4.78 is 33.9. The van der Waals surface area contributed by atoms with E-state index in [1.165, 1.54) is 23.0 Å². The van der Waals surface area contributed by atoms with Crippen LogP contribution < -0.4 is 4.72 Å². The minimum absolute atomic E-state index is 0.0964. The van der Waals surface area contributed by atoms with Gasteiger partial charge in [-0.2, -0.15) is 5.26 Å². The van der Waals surface area contributed by atoms with Crippen LogP contribution in [-0.2, 0) is 14.8 Å². The van der Waals surface area contributed by atoms with Gasteiger partial charge in [-0.25, -0.2) is 17.9 Å². The molecule has 1 heterocycles. The van der Waals surface area contributed by atoms with Gasteiger partial charge in [0.25, 0.3) is 0 Å². The molecule has 8 nitrogen and oxygen atoms in total. The van der Waals surface area contributed by atoms with Crippen LogP contribution in [0.15, 0.2) is 32.0 Å². The van der Waals surface area contributed by atoms with Crippen molar-refractivity contribution in [1.82, 2.24) is 14.5 Å². The molecule has 1 aliphatic heterocycles. The van der Waals surface area contributed by atoms with E-state index in [1.807, 2.05) is 6.19 Å². The molecule has 1 amide bonds. The highest BCUT2D eigenvalue weighted by Gasteiger charge is 2.39. The van der Waals surface area contributed by atoms with Gasteiger partial charge in [-0.05, 0) is 41.1 Å². The Morgan fingerprint density at radius 3 is 2.77 bits per heavy atom. The number of nitrogens with one attached hydrogen (secondary N) is 1. The molecule has 142 valence electrons. The van der Waals surface area contributed by atoms with Gasteiger partial charge < -0.3 is 4.74 Å². The minimum Gasteiger partial charge on any atom is -0.453 e. The molecule has 1 aliphatic rings. The Bertz CT molecular complexity index is 827. The van der Waals surface area contributed by atoms with Crippen molar-refractivity contribution in [3.05, 3.63) is 27.1 Å². The van der Waals surface area contributed by atoms with E-state index < -0.39 is 28.3 Å². The van der Waals surface area contributed by atoms with Crippen molar-refractivity contribution in [1.29, 1.82) is 5.26 Å². The third-order valence-electron chi connectivity index (χ3n) is 4.01. The van der Waals surface area contributed by atoms with Crippen LogP contribution in [-0.4, -0.2) is 56.7 Å². The molecule has 0 spiro atoms. The summed E-state index contributed by atoms with van der Waals surface area (Å²) in [5.41, 5.74) is 0. The summed E-state index contributed by atoms with van der Waals surface area (Å²) in [6.45, 7) is 2.27. The van der Waals surface area contributed by atoms with Gasteiger partial charge >= 0.3 is 6.09 Å². The number of rotatable bonds is 5. The van der Waals surface area contributed by atoms with Crippen LogP contribution >= 0.6 is 31.9 Å². The second-order valence-corrected chi connectivity index (χ2v) is 9.07. The first-order valence-corrected chi connectivity index (χ1v) is 10.8. The Hall–Kier alpha value is -1.35. The van der Waals surface area contributed by atoms with Crippen LogP contribution in [0.5, 0.6) is 0 Å². The number of carbonyl (C=O) groups is 1. The standard InChI is InChI=1S/C15H18Br2N4O4S/c1-3-21(15(22)25-2)14-7-11(8-20(14)9-18)19-26(23,24)13-6-10(16)4-5-12(13)17/h4-6,11,14,19H,3,7-8H2,1-2H3/t11-,14+/m1/s1. The second-order valence-electron chi connectivity index (χ2n) is 5.62. The van der Waals surface area contributed by atoms with Crippen molar-refractivity contribution in [2.24, 2.45) is 0 Å². The van der Waals surface area contributed by atoms with Gasteiger partial charge in [-0.3, -0.25) is 9.80 Å². The Morgan fingerprint density at radius 1 is 1.50 bits per heavy atom. The Morgan fingerprint density at radius 2 is 2.19 bits per heavy atom. The number of nitriles is 1. The minimum atomic E-state index is -3.81. The number of nitrogens with zero attached hydrogens (tertiary/aromatic N) is 3.